The van der Waals surface area contributed by atoms with E-state index in [1.165, 1.54) is 12.7 Å². The first-order valence-corrected chi connectivity index (χ1v) is 5.02. The Morgan fingerprint density at radius 3 is 2.67 bits per heavy atom. The van der Waals surface area contributed by atoms with Gasteiger partial charge in [0.1, 0.15) is 0 Å². The van der Waals surface area contributed by atoms with Gasteiger partial charge in [-0.2, -0.15) is 0 Å². The molecule has 0 fully saturated rings. The van der Waals surface area contributed by atoms with E-state index in [1.54, 1.807) is 0 Å². The van der Waals surface area contributed by atoms with E-state index in [0.29, 0.717) is 6.42 Å². The monoisotopic (exact) mass is 204 g/mol. The molecule has 0 amide bonds. The number of carbonyl (C=O) groups is 1. The smallest absolute Gasteiger partial charge is 0.305 e. The highest BCUT2D eigenvalue weighted by molar-refractivity contribution is 5.69. The van der Waals surface area contributed by atoms with E-state index in [0.717, 1.165) is 6.42 Å². The van der Waals surface area contributed by atoms with Gasteiger partial charge in [-0.15, -0.1) is 6.58 Å². The number of allylic oxidation sites excluding steroid dienone is 1. The van der Waals surface area contributed by atoms with Crippen molar-refractivity contribution in [2.45, 2.75) is 18.8 Å². The Kier molecular flexibility index (Phi) is 4.61. The van der Waals surface area contributed by atoms with Crippen molar-refractivity contribution in [2.24, 2.45) is 0 Å². The summed E-state index contributed by atoms with van der Waals surface area (Å²) in [7, 11) is 1.41. The van der Waals surface area contributed by atoms with E-state index in [1.807, 2.05) is 36.4 Å². The molecular formula is C13H16O2. The molecule has 0 saturated heterocycles. The van der Waals surface area contributed by atoms with Crippen LogP contribution in [0.1, 0.15) is 24.3 Å². The summed E-state index contributed by atoms with van der Waals surface area (Å²) in [6, 6.07) is 10.0. The fourth-order valence-electron chi connectivity index (χ4n) is 1.50. The van der Waals surface area contributed by atoms with Gasteiger partial charge >= 0.3 is 5.97 Å². The molecule has 0 bridgehead atoms. The summed E-state index contributed by atoms with van der Waals surface area (Å²) in [5.74, 6) is 0.0584. The molecular weight excluding hydrogens is 188 g/mol. The molecule has 1 rings (SSSR count). The maximum atomic E-state index is 11.0. The van der Waals surface area contributed by atoms with Crippen molar-refractivity contribution < 1.29 is 9.53 Å². The minimum atomic E-state index is -0.169. The average Bonchev–Trinajstić information content (AvgIpc) is 2.31. The van der Waals surface area contributed by atoms with Crippen LogP contribution in [0.3, 0.4) is 0 Å². The van der Waals surface area contributed by atoms with Gasteiger partial charge in [-0.1, -0.05) is 36.4 Å². The minimum Gasteiger partial charge on any atom is -0.469 e. The second-order valence-electron chi connectivity index (χ2n) is 3.37. The number of ether oxygens (including phenoxy) is 1. The van der Waals surface area contributed by atoms with Crippen molar-refractivity contribution in [3.63, 3.8) is 0 Å². The number of benzene rings is 1. The number of esters is 1. The van der Waals surface area contributed by atoms with Crippen LogP contribution >= 0.6 is 0 Å². The summed E-state index contributed by atoms with van der Waals surface area (Å²) >= 11 is 0. The van der Waals surface area contributed by atoms with Crippen LogP contribution in [0.2, 0.25) is 0 Å². The molecule has 0 aliphatic rings. The highest BCUT2D eigenvalue weighted by Gasteiger charge is 2.09. The van der Waals surface area contributed by atoms with Crippen LogP contribution in [0.15, 0.2) is 43.0 Å². The largest absolute Gasteiger partial charge is 0.469 e. The molecule has 0 heterocycles. The Labute approximate surface area is 90.6 Å². The lowest BCUT2D eigenvalue weighted by atomic mass is 9.94. The first-order chi connectivity index (χ1) is 7.27. The lowest BCUT2D eigenvalue weighted by Gasteiger charge is -2.11. The van der Waals surface area contributed by atoms with E-state index < -0.39 is 0 Å². The van der Waals surface area contributed by atoms with Crippen molar-refractivity contribution >= 4 is 5.97 Å². The Morgan fingerprint density at radius 2 is 2.13 bits per heavy atom. The van der Waals surface area contributed by atoms with Crippen molar-refractivity contribution in [2.75, 3.05) is 7.11 Å². The molecule has 0 radical (unpaired) electrons. The Balaban J connectivity index is 2.57. The van der Waals surface area contributed by atoms with Crippen molar-refractivity contribution in [1.29, 1.82) is 0 Å². The number of carbonyl (C=O) groups excluding carboxylic acids is 1. The average molecular weight is 204 g/mol. The maximum absolute atomic E-state index is 11.0. The number of hydrogen-bond donors (Lipinski definition) is 0. The highest BCUT2D eigenvalue weighted by atomic mass is 16.5. The molecule has 2 heteroatoms. The van der Waals surface area contributed by atoms with Crippen LogP contribution in [0.25, 0.3) is 0 Å². The fourth-order valence-corrected chi connectivity index (χ4v) is 1.50. The first kappa shape index (κ1) is 11.5. The molecule has 0 N–H and O–H groups in total. The van der Waals surface area contributed by atoms with Crippen LogP contribution in [0, 0.1) is 0 Å². The van der Waals surface area contributed by atoms with Gasteiger partial charge in [0.05, 0.1) is 7.11 Å². The van der Waals surface area contributed by atoms with Crippen LogP contribution in [0.4, 0.5) is 0 Å². The lowest BCUT2D eigenvalue weighted by molar-refractivity contribution is -0.140. The molecule has 15 heavy (non-hydrogen) atoms. The molecule has 1 aromatic carbocycles. The van der Waals surface area contributed by atoms with Gasteiger partial charge in [-0.3, -0.25) is 4.79 Å². The third-order valence-corrected chi connectivity index (χ3v) is 2.40. The summed E-state index contributed by atoms with van der Waals surface area (Å²) in [6.45, 7) is 3.79. The summed E-state index contributed by atoms with van der Waals surface area (Å²) < 4.78 is 4.61. The summed E-state index contributed by atoms with van der Waals surface area (Å²) in [6.07, 6.45) is 3.06. The van der Waals surface area contributed by atoms with Crippen LogP contribution < -0.4 is 0 Å². The number of rotatable bonds is 5. The van der Waals surface area contributed by atoms with Gasteiger partial charge in [0.2, 0.25) is 0 Å². The van der Waals surface area contributed by atoms with Gasteiger partial charge < -0.3 is 4.74 Å². The molecule has 80 valence electrons. The second kappa shape index (κ2) is 6.02. The van der Waals surface area contributed by atoms with Gasteiger partial charge in [-0.25, -0.2) is 0 Å². The SMILES string of the molecule is C=CC(CCC(=O)OC)c1ccccc1. The molecule has 0 aliphatic heterocycles. The molecule has 0 spiro atoms. The predicted molar refractivity (Wildman–Crippen MR) is 60.6 cm³/mol. The normalized spacial score (nSPS) is 11.8. The van der Waals surface area contributed by atoms with E-state index >= 15 is 0 Å². The second-order valence-corrected chi connectivity index (χ2v) is 3.37. The molecule has 1 unspecified atom stereocenters. The predicted octanol–water partition coefficient (Wildman–Crippen LogP) is 2.91. The van der Waals surface area contributed by atoms with E-state index in [9.17, 15) is 4.79 Å². The zero-order valence-electron chi connectivity index (χ0n) is 8.98. The van der Waals surface area contributed by atoms with Crippen molar-refractivity contribution in [3.8, 4) is 0 Å². The van der Waals surface area contributed by atoms with E-state index in [-0.39, 0.29) is 11.9 Å². The number of hydrogen-bond acceptors (Lipinski definition) is 2. The molecule has 1 atom stereocenters. The molecule has 2 nitrogen and oxygen atoms in total. The Morgan fingerprint density at radius 1 is 1.47 bits per heavy atom. The quantitative estimate of drug-likeness (QED) is 0.544. The van der Waals surface area contributed by atoms with Gasteiger partial charge in [0.25, 0.3) is 0 Å². The van der Waals surface area contributed by atoms with E-state index in [2.05, 4.69) is 11.3 Å². The summed E-state index contributed by atoms with van der Waals surface area (Å²) in [5.41, 5.74) is 1.19. The zero-order chi connectivity index (χ0) is 11.1. The summed E-state index contributed by atoms with van der Waals surface area (Å²) in [4.78, 5) is 11.0. The summed E-state index contributed by atoms with van der Waals surface area (Å²) in [5, 5.41) is 0. The minimum absolute atomic E-state index is 0.169. The first-order valence-electron chi connectivity index (χ1n) is 5.02. The topological polar surface area (TPSA) is 26.3 Å². The van der Waals surface area contributed by atoms with Crippen molar-refractivity contribution in [3.05, 3.63) is 48.6 Å². The highest BCUT2D eigenvalue weighted by Crippen LogP contribution is 2.21. The Bertz CT molecular complexity index is 317. The standard InChI is InChI=1S/C13H16O2/c1-3-11(9-10-13(14)15-2)12-7-5-4-6-8-12/h3-8,11H,1,9-10H2,2H3. The Hall–Kier alpha value is -1.57. The van der Waals surface area contributed by atoms with Gasteiger partial charge in [0.15, 0.2) is 0 Å². The van der Waals surface area contributed by atoms with Gasteiger partial charge in [0, 0.05) is 12.3 Å². The van der Waals surface area contributed by atoms with Crippen molar-refractivity contribution in [1.82, 2.24) is 0 Å². The third kappa shape index (κ3) is 3.58. The maximum Gasteiger partial charge on any atom is 0.305 e. The third-order valence-electron chi connectivity index (χ3n) is 2.40. The van der Waals surface area contributed by atoms with Crippen LogP contribution in [-0.4, -0.2) is 13.1 Å². The molecule has 0 aliphatic carbocycles. The molecule has 0 saturated carbocycles. The van der Waals surface area contributed by atoms with E-state index in [4.69, 9.17) is 0 Å². The lowest BCUT2D eigenvalue weighted by Crippen LogP contribution is -2.03. The molecule has 1 aromatic rings. The van der Waals surface area contributed by atoms with Crippen LogP contribution in [-0.2, 0) is 9.53 Å². The van der Waals surface area contributed by atoms with Gasteiger partial charge in [-0.05, 0) is 12.0 Å². The van der Waals surface area contributed by atoms with Crippen LogP contribution in [0.5, 0.6) is 0 Å². The zero-order valence-corrected chi connectivity index (χ0v) is 8.98. The molecule has 0 aromatic heterocycles. The fraction of sp³-hybridized carbons (Fsp3) is 0.308. The number of methoxy groups -OCH3 is 1.